The van der Waals surface area contributed by atoms with Gasteiger partial charge in [0.25, 0.3) is 5.95 Å². The molecule has 3 heterocycles. The van der Waals surface area contributed by atoms with Gasteiger partial charge in [-0.05, 0) is 48.6 Å². The van der Waals surface area contributed by atoms with Gasteiger partial charge in [-0.15, -0.1) is 5.10 Å². The van der Waals surface area contributed by atoms with Gasteiger partial charge < -0.3 is 4.90 Å². The first-order valence-corrected chi connectivity index (χ1v) is 10.5. The molecule has 10 heteroatoms. The molecule has 0 radical (unpaired) electrons. The average molecular weight is 437 g/mol. The Morgan fingerprint density at radius 2 is 2.06 bits per heavy atom. The Morgan fingerprint density at radius 3 is 2.84 bits per heavy atom. The summed E-state index contributed by atoms with van der Waals surface area (Å²) in [6.45, 7) is 1.45. The van der Waals surface area contributed by atoms with Crippen LogP contribution in [0.4, 0.5) is 14.7 Å². The first-order chi connectivity index (χ1) is 15.5. The zero-order valence-corrected chi connectivity index (χ0v) is 17.6. The highest BCUT2D eigenvalue weighted by Gasteiger charge is 2.28. The SMILES string of the molecule is Cn1nnc(N2CCC3=C(C2)c2ncc(CC(=O)c4ccc(F)cc4F)nc2CCC3)n1. The third-order valence-corrected chi connectivity index (χ3v) is 5.89. The Hall–Kier alpha value is -3.56. The van der Waals surface area contributed by atoms with Crippen LogP contribution in [0.15, 0.2) is 30.0 Å². The molecule has 0 amide bonds. The zero-order valence-electron chi connectivity index (χ0n) is 17.6. The highest BCUT2D eigenvalue weighted by atomic mass is 19.1. The molecule has 0 unspecified atom stereocenters. The van der Waals surface area contributed by atoms with Gasteiger partial charge in [0.05, 0.1) is 36.1 Å². The van der Waals surface area contributed by atoms with Crippen molar-refractivity contribution in [1.29, 1.82) is 0 Å². The number of tetrazole rings is 1. The van der Waals surface area contributed by atoms with Crippen LogP contribution in [0, 0.1) is 11.6 Å². The predicted molar refractivity (Wildman–Crippen MR) is 112 cm³/mol. The van der Waals surface area contributed by atoms with Gasteiger partial charge in [0.1, 0.15) is 11.6 Å². The molecule has 3 aromatic rings. The molecule has 32 heavy (non-hydrogen) atoms. The highest BCUT2D eigenvalue weighted by molar-refractivity contribution is 5.97. The van der Waals surface area contributed by atoms with E-state index >= 15 is 0 Å². The number of benzene rings is 1. The van der Waals surface area contributed by atoms with Crippen molar-refractivity contribution in [2.24, 2.45) is 7.05 Å². The second-order valence-corrected chi connectivity index (χ2v) is 8.07. The Morgan fingerprint density at radius 1 is 1.19 bits per heavy atom. The van der Waals surface area contributed by atoms with Crippen LogP contribution in [0.25, 0.3) is 5.57 Å². The maximum atomic E-state index is 14.0. The lowest BCUT2D eigenvalue weighted by Crippen LogP contribution is -2.32. The van der Waals surface area contributed by atoms with E-state index in [1.807, 2.05) is 0 Å². The second-order valence-electron chi connectivity index (χ2n) is 8.07. The smallest absolute Gasteiger partial charge is 0.266 e. The summed E-state index contributed by atoms with van der Waals surface area (Å²) in [5.74, 6) is -1.46. The summed E-state index contributed by atoms with van der Waals surface area (Å²) >= 11 is 0. The van der Waals surface area contributed by atoms with Gasteiger partial charge in [-0.3, -0.25) is 14.8 Å². The number of hydrogen-bond acceptors (Lipinski definition) is 7. The summed E-state index contributed by atoms with van der Waals surface area (Å²) < 4.78 is 27.1. The fourth-order valence-electron chi connectivity index (χ4n) is 4.32. The average Bonchev–Trinajstić information content (AvgIpc) is 3.12. The van der Waals surface area contributed by atoms with Crippen LogP contribution in [-0.2, 0) is 19.9 Å². The van der Waals surface area contributed by atoms with E-state index in [1.54, 1.807) is 13.2 Å². The Balaban J connectivity index is 1.40. The minimum Gasteiger partial charge on any atom is -0.333 e. The minimum absolute atomic E-state index is 0.0929. The number of rotatable bonds is 4. The van der Waals surface area contributed by atoms with Gasteiger partial charge in [0.15, 0.2) is 5.78 Å². The van der Waals surface area contributed by atoms with E-state index in [2.05, 4.69) is 25.3 Å². The highest BCUT2D eigenvalue weighted by Crippen LogP contribution is 2.34. The predicted octanol–water partition coefficient (Wildman–Crippen LogP) is 2.70. The molecular formula is C22H21F2N7O. The number of hydrogen-bond donors (Lipinski definition) is 0. The van der Waals surface area contributed by atoms with E-state index in [4.69, 9.17) is 4.98 Å². The van der Waals surface area contributed by atoms with Gasteiger partial charge in [-0.1, -0.05) is 10.7 Å². The number of carbonyl (C=O) groups is 1. The molecule has 164 valence electrons. The van der Waals surface area contributed by atoms with Crippen molar-refractivity contribution in [3.63, 3.8) is 0 Å². The summed E-state index contributed by atoms with van der Waals surface area (Å²) in [7, 11) is 1.73. The number of ketones is 1. The standard InChI is InChI=1S/C22H21F2N7O/c1-30-28-22(27-29-30)31-8-7-13-3-2-4-19-21(17(13)12-31)25-11-15(26-19)10-20(32)16-6-5-14(23)9-18(16)24/h5-6,9,11H,2-4,7-8,10,12H2,1H3. The van der Waals surface area contributed by atoms with Gasteiger partial charge in [0.2, 0.25) is 0 Å². The van der Waals surface area contributed by atoms with Crippen molar-refractivity contribution in [3.05, 3.63) is 64.2 Å². The maximum Gasteiger partial charge on any atom is 0.266 e. The molecule has 5 rings (SSSR count). The fraction of sp³-hybridized carbons (Fsp3) is 0.364. The third kappa shape index (κ3) is 3.88. The van der Waals surface area contributed by atoms with Crippen molar-refractivity contribution in [2.75, 3.05) is 18.0 Å². The fourth-order valence-corrected chi connectivity index (χ4v) is 4.32. The van der Waals surface area contributed by atoms with Gasteiger partial charge in [0, 0.05) is 25.4 Å². The van der Waals surface area contributed by atoms with E-state index < -0.39 is 17.4 Å². The molecule has 1 aromatic carbocycles. The van der Waals surface area contributed by atoms with Crippen LogP contribution < -0.4 is 4.90 Å². The molecule has 0 spiro atoms. The van der Waals surface area contributed by atoms with Crippen LogP contribution in [-0.4, -0.2) is 49.0 Å². The van der Waals surface area contributed by atoms with Gasteiger partial charge in [-0.25, -0.2) is 8.78 Å². The molecule has 2 aliphatic rings. The Labute approximate surface area is 183 Å². The molecular weight excluding hydrogens is 416 g/mol. The van der Waals surface area contributed by atoms with Crippen molar-refractivity contribution < 1.29 is 13.6 Å². The number of Topliss-reactive ketones (excluding diaryl/α,β-unsaturated/α-hetero) is 1. The topological polar surface area (TPSA) is 89.7 Å². The van der Waals surface area contributed by atoms with Crippen molar-refractivity contribution >= 4 is 17.3 Å². The van der Waals surface area contributed by atoms with E-state index in [0.717, 1.165) is 61.3 Å². The second kappa shape index (κ2) is 8.18. The normalized spacial score (nSPS) is 15.9. The first kappa shape index (κ1) is 20.3. The van der Waals surface area contributed by atoms with Crippen molar-refractivity contribution in [1.82, 2.24) is 30.2 Å². The van der Waals surface area contributed by atoms with Crippen LogP contribution >= 0.6 is 0 Å². The largest absolute Gasteiger partial charge is 0.333 e. The molecule has 1 aliphatic carbocycles. The first-order valence-electron chi connectivity index (χ1n) is 10.5. The Kier molecular flexibility index (Phi) is 5.20. The summed E-state index contributed by atoms with van der Waals surface area (Å²) in [6.07, 6.45) is 5.07. The Bertz CT molecular complexity index is 1240. The molecule has 0 bridgehead atoms. The molecule has 0 atom stereocenters. The summed E-state index contributed by atoms with van der Waals surface area (Å²) in [4.78, 5) is 25.4. The zero-order chi connectivity index (χ0) is 22.2. The number of halogens is 2. The summed E-state index contributed by atoms with van der Waals surface area (Å²) in [5.41, 5.74) is 4.52. The van der Waals surface area contributed by atoms with E-state index in [-0.39, 0.29) is 12.0 Å². The van der Waals surface area contributed by atoms with E-state index in [0.29, 0.717) is 24.3 Å². The number of carbonyl (C=O) groups excluding carboxylic acids is 1. The third-order valence-electron chi connectivity index (χ3n) is 5.89. The summed E-state index contributed by atoms with van der Waals surface area (Å²) in [6, 6.07) is 2.96. The minimum atomic E-state index is -0.868. The van der Waals surface area contributed by atoms with Crippen LogP contribution in [0.1, 0.15) is 46.7 Å². The van der Waals surface area contributed by atoms with Crippen molar-refractivity contribution in [2.45, 2.75) is 32.1 Å². The van der Waals surface area contributed by atoms with E-state index in [9.17, 15) is 13.6 Å². The molecule has 8 nitrogen and oxygen atoms in total. The van der Waals surface area contributed by atoms with Gasteiger partial charge >= 0.3 is 0 Å². The molecule has 1 aliphatic heterocycles. The molecule has 0 saturated carbocycles. The van der Waals surface area contributed by atoms with E-state index in [1.165, 1.54) is 10.4 Å². The molecule has 0 saturated heterocycles. The number of aromatic nitrogens is 6. The maximum absolute atomic E-state index is 14.0. The lowest BCUT2D eigenvalue weighted by atomic mass is 9.96. The quantitative estimate of drug-likeness (QED) is 0.580. The number of anilines is 1. The molecule has 0 fully saturated rings. The lowest BCUT2D eigenvalue weighted by molar-refractivity contribution is 0.0988. The van der Waals surface area contributed by atoms with Crippen LogP contribution in [0.5, 0.6) is 0 Å². The summed E-state index contributed by atoms with van der Waals surface area (Å²) in [5, 5.41) is 12.4. The lowest BCUT2D eigenvalue weighted by Gasteiger charge is -2.29. The molecule has 0 N–H and O–H groups in total. The van der Waals surface area contributed by atoms with Crippen molar-refractivity contribution in [3.8, 4) is 0 Å². The number of aryl methyl sites for hydroxylation is 2. The van der Waals surface area contributed by atoms with Gasteiger partial charge in [-0.2, -0.15) is 4.80 Å². The number of nitrogens with zero attached hydrogens (tertiary/aromatic N) is 7. The monoisotopic (exact) mass is 437 g/mol. The van der Waals surface area contributed by atoms with Crippen LogP contribution in [0.3, 0.4) is 0 Å². The molecule has 2 aromatic heterocycles. The van der Waals surface area contributed by atoms with Crippen LogP contribution in [0.2, 0.25) is 0 Å². The number of fused-ring (bicyclic) bond motifs is 2.